The van der Waals surface area contributed by atoms with E-state index in [1.807, 2.05) is 22.8 Å². The third kappa shape index (κ3) is 3.74. The summed E-state index contributed by atoms with van der Waals surface area (Å²) < 4.78 is 1.89. The van der Waals surface area contributed by atoms with E-state index in [1.165, 1.54) is 12.2 Å². The molecular formula is C22H27N5. The topological polar surface area (TPSA) is 36.7 Å². The molecule has 1 aliphatic rings. The summed E-state index contributed by atoms with van der Waals surface area (Å²) in [6.07, 6.45) is 3.64. The van der Waals surface area contributed by atoms with E-state index in [1.54, 1.807) is 6.08 Å². The Morgan fingerprint density at radius 1 is 1.04 bits per heavy atom. The Hall–Kier alpha value is -2.66. The first-order valence-electron chi connectivity index (χ1n) is 9.69. The zero-order valence-electron chi connectivity index (χ0n) is 16.2. The molecule has 27 heavy (non-hydrogen) atoms. The van der Waals surface area contributed by atoms with Gasteiger partial charge in [-0.05, 0) is 36.3 Å². The Labute approximate surface area is 160 Å². The van der Waals surface area contributed by atoms with E-state index in [2.05, 4.69) is 64.6 Å². The number of benzene rings is 1. The van der Waals surface area contributed by atoms with Crippen LogP contribution in [0.25, 0.3) is 23.0 Å². The van der Waals surface area contributed by atoms with Crippen molar-refractivity contribution in [3.8, 4) is 11.3 Å². The van der Waals surface area contributed by atoms with Gasteiger partial charge in [-0.25, -0.2) is 9.50 Å². The van der Waals surface area contributed by atoms with Crippen molar-refractivity contribution in [2.75, 3.05) is 37.6 Å². The zero-order valence-corrected chi connectivity index (χ0v) is 16.2. The predicted octanol–water partition coefficient (Wildman–Crippen LogP) is 3.82. The summed E-state index contributed by atoms with van der Waals surface area (Å²) in [5.74, 6) is 0.733. The van der Waals surface area contributed by atoms with Gasteiger partial charge in [0, 0.05) is 44.0 Å². The fourth-order valence-corrected chi connectivity index (χ4v) is 3.74. The molecule has 2 aromatic heterocycles. The Kier molecular flexibility index (Phi) is 4.94. The maximum Gasteiger partial charge on any atom is 0.154 e. The van der Waals surface area contributed by atoms with Crippen LogP contribution in [0.1, 0.15) is 19.5 Å². The van der Waals surface area contributed by atoms with Gasteiger partial charge in [-0.3, -0.25) is 4.90 Å². The van der Waals surface area contributed by atoms with Gasteiger partial charge in [-0.15, -0.1) is 0 Å². The summed E-state index contributed by atoms with van der Waals surface area (Å²) >= 11 is 0. The molecule has 4 rings (SSSR count). The standard InChI is InChI=1S/C22H27N5/c1-4-19-7-10-22-23-15-21(27(22)24-19)18-5-8-20(9-6-18)26-13-11-25(12-14-26)16-17(2)3/h4-10,15,17H,1,11-14,16H2,2-3H3. The van der Waals surface area contributed by atoms with Gasteiger partial charge in [0.15, 0.2) is 5.65 Å². The molecule has 5 heteroatoms. The third-order valence-corrected chi connectivity index (χ3v) is 5.12. The summed E-state index contributed by atoms with van der Waals surface area (Å²) in [5, 5.41) is 4.59. The second kappa shape index (κ2) is 7.53. The number of fused-ring (bicyclic) bond motifs is 1. The number of nitrogens with zero attached hydrogens (tertiary/aromatic N) is 5. The molecule has 0 unspecified atom stereocenters. The summed E-state index contributed by atoms with van der Waals surface area (Å²) in [5.41, 5.74) is 5.11. The van der Waals surface area contributed by atoms with Crippen molar-refractivity contribution < 1.29 is 0 Å². The van der Waals surface area contributed by atoms with Crippen molar-refractivity contribution in [2.24, 2.45) is 5.92 Å². The van der Waals surface area contributed by atoms with E-state index in [-0.39, 0.29) is 0 Å². The van der Waals surface area contributed by atoms with Crippen molar-refractivity contribution in [3.63, 3.8) is 0 Å². The highest BCUT2D eigenvalue weighted by Crippen LogP contribution is 2.24. The van der Waals surface area contributed by atoms with Gasteiger partial charge in [-0.1, -0.05) is 32.6 Å². The zero-order chi connectivity index (χ0) is 18.8. The molecule has 5 nitrogen and oxygen atoms in total. The average molecular weight is 361 g/mol. The lowest BCUT2D eigenvalue weighted by atomic mass is 10.1. The van der Waals surface area contributed by atoms with E-state index in [0.717, 1.165) is 54.7 Å². The van der Waals surface area contributed by atoms with Crippen LogP contribution in [0.3, 0.4) is 0 Å². The van der Waals surface area contributed by atoms with Crippen molar-refractivity contribution in [3.05, 3.63) is 54.9 Å². The molecule has 1 fully saturated rings. The van der Waals surface area contributed by atoms with Crippen LogP contribution in [0, 0.1) is 5.92 Å². The minimum Gasteiger partial charge on any atom is -0.369 e. The highest BCUT2D eigenvalue weighted by atomic mass is 15.3. The SMILES string of the molecule is C=Cc1ccc2ncc(-c3ccc(N4CCN(CC(C)C)CC4)cc3)n2n1. The minimum absolute atomic E-state index is 0.733. The van der Waals surface area contributed by atoms with Crippen molar-refractivity contribution in [2.45, 2.75) is 13.8 Å². The van der Waals surface area contributed by atoms with Crippen LogP contribution in [0.15, 0.2) is 49.2 Å². The normalized spacial score (nSPS) is 15.6. The molecule has 0 atom stereocenters. The van der Waals surface area contributed by atoms with E-state index in [9.17, 15) is 0 Å². The second-order valence-corrected chi connectivity index (χ2v) is 7.60. The van der Waals surface area contributed by atoms with Crippen LogP contribution in [0.2, 0.25) is 0 Å². The summed E-state index contributed by atoms with van der Waals surface area (Å²) in [4.78, 5) is 9.51. The molecule has 0 saturated carbocycles. The van der Waals surface area contributed by atoms with Crippen LogP contribution < -0.4 is 4.90 Å². The van der Waals surface area contributed by atoms with Gasteiger partial charge in [0.2, 0.25) is 0 Å². The van der Waals surface area contributed by atoms with Gasteiger partial charge >= 0.3 is 0 Å². The molecule has 1 aromatic carbocycles. The summed E-state index contributed by atoms with van der Waals surface area (Å²) in [6, 6.07) is 12.7. The van der Waals surface area contributed by atoms with Gasteiger partial charge < -0.3 is 4.90 Å². The van der Waals surface area contributed by atoms with Crippen LogP contribution in [-0.4, -0.2) is 52.2 Å². The smallest absolute Gasteiger partial charge is 0.154 e. The largest absolute Gasteiger partial charge is 0.369 e. The number of hydrogen-bond donors (Lipinski definition) is 0. The van der Waals surface area contributed by atoms with E-state index in [4.69, 9.17) is 0 Å². The molecule has 0 amide bonds. The predicted molar refractivity (Wildman–Crippen MR) is 112 cm³/mol. The number of hydrogen-bond acceptors (Lipinski definition) is 4. The molecule has 0 bridgehead atoms. The van der Waals surface area contributed by atoms with Gasteiger partial charge in [0.05, 0.1) is 17.6 Å². The molecule has 0 spiro atoms. The lowest BCUT2D eigenvalue weighted by Crippen LogP contribution is -2.47. The lowest BCUT2D eigenvalue weighted by molar-refractivity contribution is 0.231. The van der Waals surface area contributed by atoms with Crippen molar-refractivity contribution in [1.82, 2.24) is 19.5 Å². The van der Waals surface area contributed by atoms with Crippen LogP contribution in [-0.2, 0) is 0 Å². The minimum atomic E-state index is 0.733. The van der Waals surface area contributed by atoms with E-state index in [0.29, 0.717) is 0 Å². The second-order valence-electron chi connectivity index (χ2n) is 7.60. The Morgan fingerprint density at radius 3 is 2.44 bits per heavy atom. The first kappa shape index (κ1) is 17.7. The maximum absolute atomic E-state index is 4.59. The number of aromatic nitrogens is 3. The maximum atomic E-state index is 4.59. The van der Waals surface area contributed by atoms with Crippen LogP contribution in [0.4, 0.5) is 5.69 Å². The molecule has 1 aliphatic heterocycles. The Bertz CT molecular complexity index is 918. The Morgan fingerprint density at radius 2 is 1.78 bits per heavy atom. The summed E-state index contributed by atoms with van der Waals surface area (Å²) in [7, 11) is 0. The fourth-order valence-electron chi connectivity index (χ4n) is 3.74. The van der Waals surface area contributed by atoms with Crippen molar-refractivity contribution in [1.29, 1.82) is 0 Å². The van der Waals surface area contributed by atoms with Crippen LogP contribution >= 0.6 is 0 Å². The highest BCUT2D eigenvalue weighted by Gasteiger charge is 2.18. The monoisotopic (exact) mass is 361 g/mol. The average Bonchev–Trinajstić information content (AvgIpc) is 3.11. The lowest BCUT2D eigenvalue weighted by Gasteiger charge is -2.36. The van der Waals surface area contributed by atoms with Gasteiger partial charge in [-0.2, -0.15) is 5.10 Å². The number of piperazine rings is 1. The van der Waals surface area contributed by atoms with Crippen LogP contribution in [0.5, 0.6) is 0 Å². The van der Waals surface area contributed by atoms with Crippen molar-refractivity contribution >= 4 is 17.4 Å². The molecule has 0 aliphatic carbocycles. The van der Waals surface area contributed by atoms with Gasteiger partial charge in [0.1, 0.15) is 0 Å². The van der Waals surface area contributed by atoms with Gasteiger partial charge in [0.25, 0.3) is 0 Å². The number of rotatable bonds is 5. The Balaban J connectivity index is 1.51. The molecule has 3 heterocycles. The molecule has 140 valence electrons. The molecule has 1 saturated heterocycles. The summed E-state index contributed by atoms with van der Waals surface area (Å²) in [6.45, 7) is 14.0. The van der Waals surface area contributed by atoms with E-state index < -0.39 is 0 Å². The quantitative estimate of drug-likeness (QED) is 0.692. The third-order valence-electron chi connectivity index (χ3n) is 5.12. The molecule has 0 radical (unpaired) electrons. The highest BCUT2D eigenvalue weighted by molar-refractivity contribution is 5.66. The van der Waals surface area contributed by atoms with E-state index >= 15 is 0 Å². The molecule has 0 N–H and O–H groups in total. The number of anilines is 1. The number of imidazole rings is 1. The molecule has 3 aromatic rings. The fraction of sp³-hybridized carbons (Fsp3) is 0.364. The molecular weight excluding hydrogens is 334 g/mol. The first-order chi connectivity index (χ1) is 13.1. The first-order valence-corrected chi connectivity index (χ1v) is 9.69.